The van der Waals surface area contributed by atoms with Crippen LogP contribution < -0.4 is 0 Å². The van der Waals surface area contributed by atoms with Crippen molar-refractivity contribution in [1.29, 1.82) is 0 Å². The fourth-order valence-electron chi connectivity index (χ4n) is 11.1. The van der Waals surface area contributed by atoms with Crippen molar-refractivity contribution in [2.24, 2.45) is 0 Å². The average Bonchev–Trinajstić information content (AvgIpc) is 3.57. The minimum absolute atomic E-state index is 0.0553. The zero-order valence-corrected chi connectivity index (χ0v) is 35.3. The second-order valence-corrected chi connectivity index (χ2v) is 18.0. The first-order valence-electron chi connectivity index (χ1n) is 22.2. The molecule has 294 valence electrons. The molecule has 0 saturated heterocycles. The molecule has 0 unspecified atom stereocenters. The molecule has 1 aliphatic carbocycles. The third kappa shape index (κ3) is 5.41. The summed E-state index contributed by atoms with van der Waals surface area (Å²) < 4.78 is 0. The molecule has 0 heterocycles. The van der Waals surface area contributed by atoms with Gasteiger partial charge in [0, 0.05) is 5.41 Å². The van der Waals surface area contributed by atoms with Crippen molar-refractivity contribution in [3.8, 4) is 55.6 Å². The summed E-state index contributed by atoms with van der Waals surface area (Å²) >= 11 is 0. The van der Waals surface area contributed by atoms with Crippen LogP contribution in [0.1, 0.15) is 25.0 Å². The average molecular weight is 799 g/mol. The molecule has 1 aliphatic rings. The van der Waals surface area contributed by atoms with Gasteiger partial charge in [0.15, 0.2) is 0 Å². The lowest BCUT2D eigenvalue weighted by molar-refractivity contribution is 0.661. The van der Waals surface area contributed by atoms with E-state index in [0.29, 0.717) is 0 Å². The van der Waals surface area contributed by atoms with Crippen molar-refractivity contribution in [2.45, 2.75) is 19.3 Å². The standard InChI is InChI=1S/C63H42/c1-63(2)59-25-12-11-20-50(59)58-37-56-48-19-6-5-18-47(48)55-36-45(32-33-49(55)57(56)38-60(58)63)40-26-29-41(30-27-40)61-51-21-7-9-23-53(51)62(54-24-10-8-22-52(54)61)46-17-13-16-43(35-46)44-31-28-39-14-3-4-15-42(39)34-44/h3-38H,1-2H3. The van der Waals surface area contributed by atoms with Gasteiger partial charge in [-0.2, -0.15) is 0 Å². The molecule has 0 bridgehead atoms. The molecular weight excluding hydrogens is 757 g/mol. The Morgan fingerprint density at radius 1 is 0.238 bits per heavy atom. The Hall–Kier alpha value is -7.80. The van der Waals surface area contributed by atoms with Crippen molar-refractivity contribution in [2.75, 3.05) is 0 Å². The Balaban J connectivity index is 0.932. The molecule has 0 amide bonds. The summed E-state index contributed by atoms with van der Waals surface area (Å²) in [5, 5.41) is 15.4. The number of fused-ring (bicyclic) bond motifs is 12. The fraction of sp³-hybridized carbons (Fsp3) is 0.0476. The van der Waals surface area contributed by atoms with Crippen LogP contribution in [0.5, 0.6) is 0 Å². The summed E-state index contributed by atoms with van der Waals surface area (Å²) in [6.45, 7) is 4.75. The minimum atomic E-state index is -0.0553. The van der Waals surface area contributed by atoms with Crippen molar-refractivity contribution in [1.82, 2.24) is 0 Å². The largest absolute Gasteiger partial charge is 0.0619 e. The van der Waals surface area contributed by atoms with Crippen LogP contribution in [0.3, 0.4) is 0 Å². The van der Waals surface area contributed by atoms with Gasteiger partial charge in [0.25, 0.3) is 0 Å². The Morgan fingerprint density at radius 3 is 1.43 bits per heavy atom. The van der Waals surface area contributed by atoms with E-state index < -0.39 is 0 Å². The number of hydrogen-bond acceptors (Lipinski definition) is 0. The SMILES string of the molecule is CC1(C)c2ccccc2-c2cc3c4ccccc4c4cc(-c5ccc(-c6c7ccccc7c(-c7cccc(-c8ccc9ccccc9c8)c7)c7ccccc67)cc5)ccc4c3cc21. The molecule has 63 heavy (non-hydrogen) atoms. The zero-order valence-electron chi connectivity index (χ0n) is 35.3. The number of hydrogen-bond donors (Lipinski definition) is 0. The Kier molecular flexibility index (Phi) is 7.75. The van der Waals surface area contributed by atoms with E-state index in [-0.39, 0.29) is 5.41 Å². The van der Waals surface area contributed by atoms with Crippen LogP contribution in [0.25, 0.3) is 120 Å². The van der Waals surface area contributed by atoms with E-state index in [1.54, 1.807) is 0 Å². The van der Waals surface area contributed by atoms with Crippen LogP contribution in [0.15, 0.2) is 218 Å². The molecule has 13 rings (SSSR count). The molecular formula is C63H42. The van der Waals surface area contributed by atoms with Crippen molar-refractivity contribution in [3.05, 3.63) is 230 Å². The first-order valence-corrected chi connectivity index (χ1v) is 22.2. The quantitative estimate of drug-likeness (QED) is 0.123. The molecule has 0 fully saturated rings. The van der Waals surface area contributed by atoms with Gasteiger partial charge in [-0.05, 0) is 162 Å². The van der Waals surface area contributed by atoms with Gasteiger partial charge < -0.3 is 0 Å². The summed E-state index contributed by atoms with van der Waals surface area (Å²) in [7, 11) is 0. The van der Waals surface area contributed by atoms with Crippen LogP contribution in [0.2, 0.25) is 0 Å². The van der Waals surface area contributed by atoms with Crippen LogP contribution >= 0.6 is 0 Å². The predicted octanol–water partition coefficient (Wildman–Crippen LogP) is 17.6. The Labute approximate surface area is 367 Å². The highest BCUT2D eigenvalue weighted by molar-refractivity contribution is 6.27. The van der Waals surface area contributed by atoms with E-state index in [1.807, 2.05) is 0 Å². The maximum Gasteiger partial charge on any atom is 0.0159 e. The first kappa shape index (κ1) is 35.9. The highest BCUT2D eigenvalue weighted by Crippen LogP contribution is 2.52. The maximum atomic E-state index is 2.50. The monoisotopic (exact) mass is 798 g/mol. The summed E-state index contributed by atoms with van der Waals surface area (Å²) in [5.41, 5.74) is 15.4. The zero-order chi connectivity index (χ0) is 41.8. The fourth-order valence-corrected chi connectivity index (χ4v) is 11.1. The van der Waals surface area contributed by atoms with E-state index in [1.165, 1.54) is 131 Å². The third-order valence-corrected chi connectivity index (χ3v) is 14.2. The lowest BCUT2D eigenvalue weighted by Crippen LogP contribution is -2.14. The van der Waals surface area contributed by atoms with E-state index in [9.17, 15) is 0 Å². The lowest BCUT2D eigenvalue weighted by atomic mass is 9.81. The van der Waals surface area contributed by atoms with Crippen molar-refractivity contribution >= 4 is 64.6 Å². The molecule has 0 saturated carbocycles. The smallest absolute Gasteiger partial charge is 0.0159 e. The predicted molar refractivity (Wildman–Crippen MR) is 271 cm³/mol. The molecule has 0 aliphatic heterocycles. The number of benzene rings is 12. The van der Waals surface area contributed by atoms with Crippen LogP contribution in [-0.4, -0.2) is 0 Å². The lowest BCUT2D eigenvalue weighted by Gasteiger charge is -2.22. The molecule has 0 spiro atoms. The van der Waals surface area contributed by atoms with Crippen molar-refractivity contribution in [3.63, 3.8) is 0 Å². The summed E-state index contributed by atoms with van der Waals surface area (Å²) in [6, 6.07) is 81.7. The molecule has 0 nitrogen and oxygen atoms in total. The van der Waals surface area contributed by atoms with Gasteiger partial charge in [-0.3, -0.25) is 0 Å². The normalized spacial score (nSPS) is 13.0. The van der Waals surface area contributed by atoms with E-state index >= 15 is 0 Å². The summed E-state index contributed by atoms with van der Waals surface area (Å²) in [6.07, 6.45) is 0. The number of rotatable bonds is 4. The molecule has 0 aromatic heterocycles. The summed E-state index contributed by atoms with van der Waals surface area (Å²) in [4.78, 5) is 0. The minimum Gasteiger partial charge on any atom is -0.0619 e. The van der Waals surface area contributed by atoms with E-state index in [4.69, 9.17) is 0 Å². The Morgan fingerprint density at radius 2 is 0.714 bits per heavy atom. The van der Waals surface area contributed by atoms with E-state index in [0.717, 1.165) is 0 Å². The van der Waals surface area contributed by atoms with Gasteiger partial charge in [-0.15, -0.1) is 0 Å². The molecule has 0 N–H and O–H groups in total. The van der Waals surface area contributed by atoms with Crippen LogP contribution in [0, 0.1) is 0 Å². The van der Waals surface area contributed by atoms with Gasteiger partial charge in [0.05, 0.1) is 0 Å². The maximum absolute atomic E-state index is 2.50. The van der Waals surface area contributed by atoms with Crippen molar-refractivity contribution < 1.29 is 0 Å². The van der Waals surface area contributed by atoms with E-state index in [2.05, 4.69) is 232 Å². The summed E-state index contributed by atoms with van der Waals surface area (Å²) in [5.74, 6) is 0. The molecule has 0 radical (unpaired) electrons. The van der Waals surface area contributed by atoms with Gasteiger partial charge in [0.2, 0.25) is 0 Å². The van der Waals surface area contributed by atoms with Gasteiger partial charge >= 0.3 is 0 Å². The second-order valence-electron chi connectivity index (χ2n) is 18.0. The third-order valence-electron chi connectivity index (χ3n) is 14.2. The van der Waals surface area contributed by atoms with Gasteiger partial charge in [-0.1, -0.05) is 202 Å². The van der Waals surface area contributed by atoms with Crippen LogP contribution in [-0.2, 0) is 5.41 Å². The molecule has 0 heteroatoms. The molecule has 12 aromatic rings. The topological polar surface area (TPSA) is 0 Å². The highest BCUT2D eigenvalue weighted by atomic mass is 14.4. The Bertz CT molecular complexity index is 3810. The van der Waals surface area contributed by atoms with Crippen LogP contribution in [0.4, 0.5) is 0 Å². The van der Waals surface area contributed by atoms with Gasteiger partial charge in [0.1, 0.15) is 0 Å². The molecule has 0 atom stereocenters. The second kappa shape index (κ2) is 13.6. The first-order chi connectivity index (χ1) is 31.0. The highest BCUT2D eigenvalue weighted by Gasteiger charge is 2.35. The molecule has 12 aromatic carbocycles. The van der Waals surface area contributed by atoms with Gasteiger partial charge in [-0.25, -0.2) is 0 Å².